The fourth-order valence-electron chi connectivity index (χ4n) is 1.33. The van der Waals surface area contributed by atoms with E-state index < -0.39 is 11.6 Å². The summed E-state index contributed by atoms with van der Waals surface area (Å²) in [4.78, 5) is 0. The average molecular weight is 215 g/mol. The quantitative estimate of drug-likeness (QED) is 0.812. The summed E-state index contributed by atoms with van der Waals surface area (Å²) in [6, 6.07) is 2.68. The predicted molar refractivity (Wildman–Crippen MR) is 55.2 cm³/mol. The summed E-state index contributed by atoms with van der Waals surface area (Å²) in [6.45, 7) is 2.77. The SMILES string of the molecule is CCOc1c(CCNC)ccc(F)c1F. The Labute approximate surface area is 88.3 Å². The minimum atomic E-state index is -0.898. The van der Waals surface area contributed by atoms with Crippen LogP contribution in [0.3, 0.4) is 0 Å². The first-order chi connectivity index (χ1) is 7.20. The van der Waals surface area contributed by atoms with Crippen LogP contribution in [0.2, 0.25) is 0 Å². The number of hydrogen-bond donors (Lipinski definition) is 1. The van der Waals surface area contributed by atoms with Crippen LogP contribution in [0.15, 0.2) is 12.1 Å². The molecule has 0 aliphatic rings. The van der Waals surface area contributed by atoms with Crippen molar-refractivity contribution in [1.29, 1.82) is 0 Å². The molecule has 0 spiro atoms. The van der Waals surface area contributed by atoms with Gasteiger partial charge in [-0.25, -0.2) is 4.39 Å². The zero-order chi connectivity index (χ0) is 11.3. The van der Waals surface area contributed by atoms with Crippen LogP contribution in [0, 0.1) is 11.6 Å². The average Bonchev–Trinajstić information content (AvgIpc) is 2.24. The van der Waals surface area contributed by atoms with Gasteiger partial charge >= 0.3 is 0 Å². The van der Waals surface area contributed by atoms with Crippen LogP contribution in [-0.2, 0) is 6.42 Å². The molecule has 0 saturated heterocycles. The Hall–Kier alpha value is -1.16. The van der Waals surface area contributed by atoms with Crippen molar-refractivity contribution in [1.82, 2.24) is 5.32 Å². The van der Waals surface area contributed by atoms with E-state index in [-0.39, 0.29) is 5.75 Å². The lowest BCUT2D eigenvalue weighted by Gasteiger charge is -2.11. The lowest BCUT2D eigenvalue weighted by molar-refractivity contribution is 0.310. The Morgan fingerprint density at radius 3 is 2.67 bits per heavy atom. The summed E-state index contributed by atoms with van der Waals surface area (Å²) in [6.07, 6.45) is 0.614. The lowest BCUT2D eigenvalue weighted by Crippen LogP contribution is -2.12. The molecule has 0 heterocycles. The highest BCUT2D eigenvalue weighted by molar-refractivity contribution is 5.36. The highest BCUT2D eigenvalue weighted by Gasteiger charge is 2.13. The number of benzene rings is 1. The minimum Gasteiger partial charge on any atom is -0.490 e. The number of likely N-dealkylation sites (N-methyl/N-ethyl adjacent to an activating group) is 1. The van der Waals surface area contributed by atoms with E-state index in [0.717, 1.165) is 6.07 Å². The normalized spacial score (nSPS) is 10.4. The van der Waals surface area contributed by atoms with Crippen molar-refractivity contribution in [3.8, 4) is 5.75 Å². The van der Waals surface area contributed by atoms with E-state index in [4.69, 9.17) is 4.74 Å². The molecule has 0 fully saturated rings. The third kappa shape index (κ3) is 2.89. The van der Waals surface area contributed by atoms with E-state index in [2.05, 4.69) is 5.32 Å². The summed E-state index contributed by atoms with van der Waals surface area (Å²) in [5.74, 6) is -1.73. The van der Waals surface area contributed by atoms with Gasteiger partial charge in [-0.1, -0.05) is 6.07 Å². The van der Waals surface area contributed by atoms with Gasteiger partial charge in [0.25, 0.3) is 0 Å². The van der Waals surface area contributed by atoms with Gasteiger partial charge < -0.3 is 10.1 Å². The maximum absolute atomic E-state index is 13.4. The van der Waals surface area contributed by atoms with Gasteiger partial charge in [0.15, 0.2) is 11.6 Å². The van der Waals surface area contributed by atoms with Crippen molar-refractivity contribution in [2.45, 2.75) is 13.3 Å². The molecule has 0 saturated carbocycles. The van der Waals surface area contributed by atoms with Gasteiger partial charge in [0, 0.05) is 0 Å². The number of ether oxygens (including phenoxy) is 1. The molecular formula is C11H15F2NO. The molecule has 1 aromatic carbocycles. The summed E-state index contributed by atoms with van der Waals surface area (Å²) < 4.78 is 31.4. The van der Waals surface area contributed by atoms with Crippen LogP contribution in [0.5, 0.6) is 5.75 Å². The van der Waals surface area contributed by atoms with Crippen molar-refractivity contribution in [3.05, 3.63) is 29.3 Å². The van der Waals surface area contributed by atoms with Crippen LogP contribution in [0.4, 0.5) is 8.78 Å². The standard InChI is InChI=1S/C11H15F2NO/c1-3-15-11-8(6-7-14-2)4-5-9(12)10(11)13/h4-5,14H,3,6-7H2,1-2H3. The van der Waals surface area contributed by atoms with Crippen LogP contribution >= 0.6 is 0 Å². The Balaban J connectivity index is 2.97. The number of rotatable bonds is 5. The maximum Gasteiger partial charge on any atom is 0.200 e. The molecule has 1 rings (SSSR count). The van der Waals surface area contributed by atoms with E-state index in [9.17, 15) is 8.78 Å². The third-order valence-electron chi connectivity index (χ3n) is 2.06. The molecule has 4 heteroatoms. The summed E-state index contributed by atoms with van der Waals surface area (Å²) >= 11 is 0. The van der Waals surface area contributed by atoms with Crippen molar-refractivity contribution in [3.63, 3.8) is 0 Å². The maximum atomic E-state index is 13.4. The largest absolute Gasteiger partial charge is 0.490 e. The lowest BCUT2D eigenvalue weighted by atomic mass is 10.1. The molecule has 0 amide bonds. The van der Waals surface area contributed by atoms with Gasteiger partial charge in [0.1, 0.15) is 0 Å². The highest BCUT2D eigenvalue weighted by atomic mass is 19.2. The molecule has 0 unspecified atom stereocenters. The second kappa shape index (κ2) is 5.66. The zero-order valence-electron chi connectivity index (χ0n) is 8.94. The first kappa shape index (κ1) is 11.9. The zero-order valence-corrected chi connectivity index (χ0v) is 8.94. The number of hydrogen-bond acceptors (Lipinski definition) is 2. The Morgan fingerprint density at radius 2 is 2.07 bits per heavy atom. The molecule has 0 aromatic heterocycles. The van der Waals surface area contributed by atoms with Crippen molar-refractivity contribution in [2.75, 3.05) is 20.2 Å². The second-order valence-corrected chi connectivity index (χ2v) is 3.14. The van der Waals surface area contributed by atoms with E-state index in [0.29, 0.717) is 25.1 Å². The number of halogens is 2. The van der Waals surface area contributed by atoms with Gasteiger partial charge in [-0.3, -0.25) is 0 Å². The topological polar surface area (TPSA) is 21.3 Å². The molecule has 15 heavy (non-hydrogen) atoms. The first-order valence-corrected chi connectivity index (χ1v) is 4.95. The van der Waals surface area contributed by atoms with Gasteiger partial charge in [-0.2, -0.15) is 4.39 Å². The van der Waals surface area contributed by atoms with Crippen LogP contribution in [0.25, 0.3) is 0 Å². The minimum absolute atomic E-state index is 0.0350. The Bertz CT molecular complexity index is 329. The van der Waals surface area contributed by atoms with E-state index in [1.54, 1.807) is 20.0 Å². The molecule has 0 radical (unpaired) electrons. The molecule has 84 valence electrons. The molecule has 0 bridgehead atoms. The van der Waals surface area contributed by atoms with E-state index in [1.807, 2.05) is 0 Å². The molecule has 1 aromatic rings. The summed E-state index contributed by atoms with van der Waals surface area (Å²) in [7, 11) is 1.81. The molecule has 0 aliphatic carbocycles. The Morgan fingerprint density at radius 1 is 1.33 bits per heavy atom. The first-order valence-electron chi connectivity index (χ1n) is 4.95. The number of nitrogens with one attached hydrogen (secondary N) is 1. The highest BCUT2D eigenvalue weighted by Crippen LogP contribution is 2.25. The molecule has 0 atom stereocenters. The molecule has 2 nitrogen and oxygen atoms in total. The molecular weight excluding hydrogens is 200 g/mol. The molecule has 1 N–H and O–H groups in total. The van der Waals surface area contributed by atoms with Crippen molar-refractivity contribution < 1.29 is 13.5 Å². The predicted octanol–water partition coefficient (Wildman–Crippen LogP) is 2.13. The fourth-order valence-corrected chi connectivity index (χ4v) is 1.33. The van der Waals surface area contributed by atoms with Crippen LogP contribution < -0.4 is 10.1 Å². The van der Waals surface area contributed by atoms with Crippen molar-refractivity contribution in [2.24, 2.45) is 0 Å². The monoisotopic (exact) mass is 215 g/mol. The van der Waals surface area contributed by atoms with Crippen LogP contribution in [-0.4, -0.2) is 20.2 Å². The fraction of sp³-hybridized carbons (Fsp3) is 0.455. The molecule has 0 aliphatic heterocycles. The second-order valence-electron chi connectivity index (χ2n) is 3.14. The van der Waals surface area contributed by atoms with Gasteiger partial charge in [-0.15, -0.1) is 0 Å². The summed E-state index contributed by atoms with van der Waals surface area (Å²) in [5, 5.41) is 2.95. The van der Waals surface area contributed by atoms with E-state index in [1.165, 1.54) is 0 Å². The summed E-state index contributed by atoms with van der Waals surface area (Å²) in [5.41, 5.74) is 0.685. The van der Waals surface area contributed by atoms with Crippen LogP contribution in [0.1, 0.15) is 12.5 Å². The Kier molecular flexibility index (Phi) is 4.49. The third-order valence-corrected chi connectivity index (χ3v) is 2.06. The smallest absolute Gasteiger partial charge is 0.200 e. The van der Waals surface area contributed by atoms with Gasteiger partial charge in [0.05, 0.1) is 6.61 Å². The van der Waals surface area contributed by atoms with Crippen molar-refractivity contribution >= 4 is 0 Å². The van der Waals surface area contributed by atoms with Gasteiger partial charge in [-0.05, 0) is 38.6 Å². The van der Waals surface area contributed by atoms with E-state index >= 15 is 0 Å². The van der Waals surface area contributed by atoms with Gasteiger partial charge in [0.2, 0.25) is 5.82 Å².